The highest BCUT2D eigenvalue weighted by molar-refractivity contribution is 7.93. The molecule has 0 amide bonds. The average molecular weight is 525 g/mol. The Balaban J connectivity index is 1.48. The molecule has 0 aliphatic rings. The maximum atomic E-state index is 13.3. The number of carbonyl (C=O) groups excluding carboxylic acids is 1. The van der Waals surface area contributed by atoms with Crippen LogP contribution in [0.25, 0.3) is 11.1 Å². The lowest BCUT2D eigenvalue weighted by Crippen LogP contribution is -2.15. The Morgan fingerprint density at radius 1 is 0.886 bits per heavy atom. The molecule has 1 N–H and O–H groups in total. The number of hydrogen-bond acceptors (Lipinski definition) is 4. The number of pyridine rings is 1. The van der Waals surface area contributed by atoms with Crippen LogP contribution in [0.5, 0.6) is 0 Å². The Bertz CT molecular complexity index is 1430. The van der Waals surface area contributed by atoms with E-state index in [1.807, 2.05) is 30.3 Å². The Morgan fingerprint density at radius 2 is 1.63 bits per heavy atom. The van der Waals surface area contributed by atoms with Gasteiger partial charge in [0, 0.05) is 41.5 Å². The van der Waals surface area contributed by atoms with Crippen molar-refractivity contribution in [2.24, 2.45) is 0 Å². The van der Waals surface area contributed by atoms with Crippen molar-refractivity contribution in [3.05, 3.63) is 112 Å². The summed E-state index contributed by atoms with van der Waals surface area (Å²) < 4.78 is 29.2. The molecule has 0 aliphatic carbocycles. The van der Waals surface area contributed by atoms with Crippen LogP contribution in [0.2, 0.25) is 10.0 Å². The summed E-state index contributed by atoms with van der Waals surface area (Å²) in [6, 6.07) is 22.6. The predicted octanol–water partition coefficient (Wildman–Crippen LogP) is 6.60. The lowest BCUT2D eigenvalue weighted by atomic mass is 10.0. The first-order valence-electron chi connectivity index (χ1n) is 10.9. The van der Waals surface area contributed by atoms with Gasteiger partial charge in [-0.1, -0.05) is 71.7 Å². The van der Waals surface area contributed by atoms with E-state index < -0.39 is 10.0 Å². The summed E-state index contributed by atoms with van der Waals surface area (Å²) in [6.07, 6.45) is 4.77. The van der Waals surface area contributed by atoms with Crippen molar-refractivity contribution >= 4 is 44.7 Å². The van der Waals surface area contributed by atoms with E-state index in [0.29, 0.717) is 34.7 Å². The summed E-state index contributed by atoms with van der Waals surface area (Å²) in [6.45, 7) is 0. The summed E-state index contributed by atoms with van der Waals surface area (Å²) in [5.41, 5.74) is 3.27. The average Bonchev–Trinajstić information content (AvgIpc) is 2.84. The molecule has 0 aliphatic heterocycles. The summed E-state index contributed by atoms with van der Waals surface area (Å²) in [5.74, 6) is 0.0997. The fourth-order valence-electron chi connectivity index (χ4n) is 3.71. The second-order valence-corrected chi connectivity index (χ2v) is 10.5. The largest absolute Gasteiger partial charge is 0.299 e. The van der Waals surface area contributed by atoms with E-state index in [4.69, 9.17) is 23.2 Å². The summed E-state index contributed by atoms with van der Waals surface area (Å²) >= 11 is 12.5. The van der Waals surface area contributed by atoms with Gasteiger partial charge in [0.1, 0.15) is 10.7 Å². The van der Waals surface area contributed by atoms with Gasteiger partial charge in [0.25, 0.3) is 10.0 Å². The molecule has 0 unspecified atom stereocenters. The topological polar surface area (TPSA) is 76.1 Å². The second kappa shape index (κ2) is 11.0. The van der Waals surface area contributed by atoms with Gasteiger partial charge >= 0.3 is 0 Å². The van der Waals surface area contributed by atoms with E-state index in [1.54, 1.807) is 54.9 Å². The van der Waals surface area contributed by atoms with Crippen molar-refractivity contribution in [1.82, 2.24) is 4.98 Å². The van der Waals surface area contributed by atoms with E-state index in [-0.39, 0.29) is 22.1 Å². The standard InChI is InChI=1S/C27H22Cl2N2O3S/c28-22-16-25(21-6-2-1-3-7-21)27(26(29)17-22)35(33,34)31-23-11-8-19(9-12-23)15-24(32)13-10-20-5-4-14-30-18-20/h1-9,11-12,14,16-18,31H,10,13,15H2. The Kier molecular flexibility index (Phi) is 7.86. The minimum Gasteiger partial charge on any atom is -0.299 e. The first-order chi connectivity index (χ1) is 16.8. The van der Waals surface area contributed by atoms with Crippen LogP contribution in [-0.4, -0.2) is 19.2 Å². The van der Waals surface area contributed by atoms with Gasteiger partial charge < -0.3 is 0 Å². The van der Waals surface area contributed by atoms with Gasteiger partial charge in [-0.2, -0.15) is 0 Å². The molecule has 0 spiro atoms. The van der Waals surface area contributed by atoms with Gasteiger partial charge in [-0.25, -0.2) is 8.42 Å². The number of nitrogens with zero attached hydrogens (tertiary/aromatic N) is 1. The van der Waals surface area contributed by atoms with Crippen LogP contribution >= 0.6 is 23.2 Å². The van der Waals surface area contributed by atoms with E-state index in [0.717, 1.165) is 11.1 Å². The SMILES string of the molecule is O=C(CCc1cccnc1)Cc1ccc(NS(=O)(=O)c2c(Cl)cc(Cl)cc2-c2ccccc2)cc1. The lowest BCUT2D eigenvalue weighted by Gasteiger charge is -2.15. The van der Waals surface area contributed by atoms with Crippen LogP contribution < -0.4 is 4.72 Å². The van der Waals surface area contributed by atoms with Crippen molar-refractivity contribution in [3.8, 4) is 11.1 Å². The third-order valence-electron chi connectivity index (χ3n) is 5.38. The first kappa shape index (κ1) is 24.9. The number of Topliss-reactive ketones (excluding diaryl/α,β-unsaturated/α-hetero) is 1. The number of nitrogens with one attached hydrogen (secondary N) is 1. The number of hydrogen-bond donors (Lipinski definition) is 1. The maximum Gasteiger partial charge on any atom is 0.264 e. The first-order valence-corrected chi connectivity index (χ1v) is 13.1. The molecule has 4 aromatic rings. The number of halogens is 2. The quantitative estimate of drug-likeness (QED) is 0.267. The molecular weight excluding hydrogens is 503 g/mol. The molecule has 1 heterocycles. The van der Waals surface area contributed by atoms with Crippen LogP contribution in [0.4, 0.5) is 5.69 Å². The summed E-state index contributed by atoms with van der Waals surface area (Å²) in [4.78, 5) is 16.4. The number of anilines is 1. The molecule has 0 fully saturated rings. The van der Waals surface area contributed by atoms with Gasteiger partial charge in [-0.3, -0.25) is 14.5 Å². The summed E-state index contributed by atoms with van der Waals surface area (Å²) in [7, 11) is -4.03. The third kappa shape index (κ3) is 6.48. The molecule has 0 atom stereocenters. The highest BCUT2D eigenvalue weighted by atomic mass is 35.5. The Labute approximate surface area is 214 Å². The Hall–Kier alpha value is -3.19. The zero-order chi connectivity index (χ0) is 24.8. The van der Waals surface area contributed by atoms with Crippen LogP contribution in [0.1, 0.15) is 17.5 Å². The molecule has 8 heteroatoms. The molecule has 0 radical (unpaired) electrons. The zero-order valence-corrected chi connectivity index (χ0v) is 20.9. The predicted molar refractivity (Wildman–Crippen MR) is 140 cm³/mol. The van der Waals surface area contributed by atoms with Crippen LogP contribution in [-0.2, 0) is 27.7 Å². The van der Waals surface area contributed by atoms with Crippen molar-refractivity contribution in [3.63, 3.8) is 0 Å². The van der Waals surface area contributed by atoms with Crippen molar-refractivity contribution in [2.45, 2.75) is 24.2 Å². The molecule has 35 heavy (non-hydrogen) atoms. The number of carbonyl (C=O) groups is 1. The van der Waals surface area contributed by atoms with Crippen molar-refractivity contribution < 1.29 is 13.2 Å². The smallest absolute Gasteiger partial charge is 0.264 e. The van der Waals surface area contributed by atoms with E-state index in [1.165, 1.54) is 6.07 Å². The minimum absolute atomic E-state index is 0.0275. The molecule has 0 saturated carbocycles. The summed E-state index contributed by atoms with van der Waals surface area (Å²) in [5, 5.41) is 0.366. The van der Waals surface area contributed by atoms with Gasteiger partial charge in [0.05, 0.1) is 5.02 Å². The molecule has 5 nitrogen and oxygen atoms in total. The highest BCUT2D eigenvalue weighted by Gasteiger charge is 2.24. The van der Waals surface area contributed by atoms with Crippen LogP contribution in [0.3, 0.4) is 0 Å². The number of rotatable bonds is 9. The van der Waals surface area contributed by atoms with E-state index in [2.05, 4.69) is 9.71 Å². The molecule has 0 saturated heterocycles. The fourth-order valence-corrected chi connectivity index (χ4v) is 5.84. The molecule has 0 bridgehead atoms. The molecule has 1 aromatic heterocycles. The van der Waals surface area contributed by atoms with Gasteiger partial charge in [-0.15, -0.1) is 0 Å². The van der Waals surface area contributed by atoms with Gasteiger partial charge in [0.15, 0.2) is 0 Å². The normalized spacial score (nSPS) is 11.3. The number of aromatic nitrogens is 1. The van der Waals surface area contributed by atoms with E-state index in [9.17, 15) is 13.2 Å². The number of benzene rings is 3. The molecular formula is C27H22Cl2N2O3S. The van der Waals surface area contributed by atoms with Crippen LogP contribution in [0.15, 0.2) is 96.2 Å². The third-order valence-corrected chi connectivity index (χ3v) is 7.49. The lowest BCUT2D eigenvalue weighted by molar-refractivity contribution is -0.118. The van der Waals surface area contributed by atoms with Gasteiger partial charge in [0.2, 0.25) is 0 Å². The Morgan fingerprint density at radius 3 is 2.31 bits per heavy atom. The molecule has 4 rings (SSSR count). The fraction of sp³-hybridized carbons (Fsp3) is 0.111. The number of ketones is 1. The maximum absolute atomic E-state index is 13.3. The highest BCUT2D eigenvalue weighted by Crippen LogP contribution is 2.37. The zero-order valence-electron chi connectivity index (χ0n) is 18.6. The monoisotopic (exact) mass is 524 g/mol. The number of aryl methyl sites for hydroxylation is 1. The van der Waals surface area contributed by atoms with E-state index >= 15 is 0 Å². The molecule has 178 valence electrons. The molecule has 3 aromatic carbocycles. The van der Waals surface area contributed by atoms with Crippen LogP contribution in [0, 0.1) is 0 Å². The van der Waals surface area contributed by atoms with Gasteiger partial charge in [-0.05, 0) is 53.4 Å². The van der Waals surface area contributed by atoms with Crippen molar-refractivity contribution in [1.29, 1.82) is 0 Å². The number of sulfonamides is 1. The van der Waals surface area contributed by atoms with Crippen molar-refractivity contribution in [2.75, 3.05) is 4.72 Å². The second-order valence-electron chi connectivity index (χ2n) is 8.01. The minimum atomic E-state index is -4.03.